The first-order chi connectivity index (χ1) is 12.3. The van der Waals surface area contributed by atoms with Crippen LogP contribution in [-0.2, 0) is 4.74 Å². The second-order valence-electron chi connectivity index (χ2n) is 5.94. The highest BCUT2D eigenvalue weighted by atomic mass is 19.3. The number of H-pyrrole nitrogens is 1. The summed E-state index contributed by atoms with van der Waals surface area (Å²) in [4.78, 5) is 19.2. The predicted molar refractivity (Wildman–Crippen MR) is 86.7 cm³/mol. The molecule has 137 valence electrons. The molecule has 1 aromatic heterocycles. The van der Waals surface area contributed by atoms with E-state index in [2.05, 4.69) is 20.0 Å². The fourth-order valence-corrected chi connectivity index (χ4v) is 3.00. The van der Waals surface area contributed by atoms with Crippen LogP contribution in [0.4, 0.5) is 14.6 Å². The molecule has 11 heteroatoms. The maximum Gasteiger partial charge on any atom is 0.346 e. The summed E-state index contributed by atoms with van der Waals surface area (Å²) in [7, 11) is 0. The van der Waals surface area contributed by atoms with Gasteiger partial charge < -0.3 is 20.6 Å². The number of nitrogen functional groups attached to an aromatic ring is 1. The van der Waals surface area contributed by atoms with Gasteiger partial charge in [0.05, 0.1) is 0 Å². The Morgan fingerprint density at radius 3 is 2.96 bits per heavy atom. The summed E-state index contributed by atoms with van der Waals surface area (Å²) in [5, 5.41) is 13.6. The van der Waals surface area contributed by atoms with Crippen molar-refractivity contribution in [1.29, 1.82) is 0 Å². The number of hydrogen-bond acceptors (Lipinski definition) is 6. The van der Waals surface area contributed by atoms with Gasteiger partial charge in [0.2, 0.25) is 0 Å². The average Bonchev–Trinajstić information content (AvgIpc) is 2.78. The molecule has 2 aliphatic rings. The lowest BCUT2D eigenvalue weighted by Crippen LogP contribution is -2.45. The minimum absolute atomic E-state index is 0.259. The highest BCUT2D eigenvalue weighted by molar-refractivity contribution is 5.41. The van der Waals surface area contributed by atoms with Gasteiger partial charge in [-0.2, -0.15) is 4.98 Å². The van der Waals surface area contributed by atoms with E-state index < -0.39 is 35.4 Å². The minimum atomic E-state index is -3.84. The summed E-state index contributed by atoms with van der Waals surface area (Å²) in [6.07, 6.45) is 3.74. The third-order valence-corrected chi connectivity index (χ3v) is 4.25. The summed E-state index contributed by atoms with van der Waals surface area (Å²) >= 11 is 0. The Bertz CT molecular complexity index is 876. The van der Waals surface area contributed by atoms with Crippen LogP contribution in [0.3, 0.4) is 0 Å². The molecule has 1 saturated heterocycles. The second kappa shape index (κ2) is 6.52. The van der Waals surface area contributed by atoms with Gasteiger partial charge >= 0.3 is 11.6 Å². The van der Waals surface area contributed by atoms with Crippen molar-refractivity contribution in [3.05, 3.63) is 62.9 Å². The number of aliphatic hydroxyl groups is 1. The van der Waals surface area contributed by atoms with E-state index >= 15 is 0 Å². The molecule has 3 rings (SSSR count). The molecule has 2 heterocycles. The Morgan fingerprint density at radius 2 is 2.35 bits per heavy atom. The van der Waals surface area contributed by atoms with Crippen LogP contribution in [0.1, 0.15) is 24.5 Å². The lowest BCUT2D eigenvalue weighted by Gasteiger charge is -2.28. The van der Waals surface area contributed by atoms with Gasteiger partial charge in [0.25, 0.3) is 0 Å². The van der Waals surface area contributed by atoms with Gasteiger partial charge in [0.15, 0.2) is 17.9 Å². The number of halogens is 2. The second-order valence-corrected chi connectivity index (χ2v) is 5.94. The molecule has 9 nitrogen and oxygen atoms in total. The Labute approximate surface area is 145 Å². The van der Waals surface area contributed by atoms with E-state index in [4.69, 9.17) is 16.0 Å². The van der Waals surface area contributed by atoms with Gasteiger partial charge in [0, 0.05) is 23.1 Å². The minimum Gasteiger partial charge on any atom is -0.384 e. The molecule has 0 spiro atoms. The van der Waals surface area contributed by atoms with Gasteiger partial charge in [-0.15, -0.1) is 0 Å². The van der Waals surface area contributed by atoms with Crippen LogP contribution in [0.2, 0.25) is 0 Å². The summed E-state index contributed by atoms with van der Waals surface area (Å²) in [5.74, 6) is -4.30. The molecule has 26 heavy (non-hydrogen) atoms. The van der Waals surface area contributed by atoms with E-state index in [1.165, 1.54) is 0 Å². The standard InChI is InChI=1S/C15H15F2N6O3/c16-15(17)10(9-7-20-13(25)21-11(9)18)26-14(12(15)24,22-23-19)6-8-4-2-1-3-5-8/h1-2,4-5,7,10,12,24H,3,6H2,(H3,18,20,21,25)/t10-,12-,14-/m1/s1. The van der Waals surface area contributed by atoms with Crippen LogP contribution in [0.15, 0.2) is 39.9 Å². The molecule has 4 N–H and O–H groups in total. The number of nitrogens with one attached hydrogen (secondary N) is 1. The zero-order valence-electron chi connectivity index (χ0n) is 13.3. The number of nitrogens with zero attached hydrogens (tertiary/aromatic N) is 4. The first-order valence-electron chi connectivity index (χ1n) is 7.64. The maximum absolute atomic E-state index is 14.8. The molecule has 0 aromatic carbocycles. The zero-order chi connectivity index (χ0) is 18.9. The Hall–Kier alpha value is -2.75. The van der Waals surface area contributed by atoms with Crippen LogP contribution in [-0.4, -0.2) is 32.8 Å². The molecule has 0 amide bonds. The lowest BCUT2D eigenvalue weighted by molar-refractivity contribution is -0.114. The number of aromatic amines is 1. The number of anilines is 1. The number of nitrogens with two attached hydrogens (primary N) is 1. The largest absolute Gasteiger partial charge is 0.384 e. The number of rotatable bonds is 4. The Balaban J connectivity index is 2.04. The van der Waals surface area contributed by atoms with Crippen LogP contribution >= 0.6 is 0 Å². The molecular weight excluding hydrogens is 350 g/mol. The normalized spacial score (nSPS) is 29.9. The van der Waals surface area contributed by atoms with Gasteiger partial charge in [-0.3, -0.25) is 0 Å². The van der Waals surface area contributed by atoms with E-state index in [1.54, 1.807) is 18.6 Å². The number of ether oxygens (including phenoxy) is 1. The molecule has 1 radical (unpaired) electrons. The molecule has 1 aromatic rings. The van der Waals surface area contributed by atoms with Gasteiger partial charge in [-0.05, 0) is 18.4 Å². The number of alkyl halides is 2. The van der Waals surface area contributed by atoms with Gasteiger partial charge in [-0.25, -0.2) is 13.6 Å². The smallest absolute Gasteiger partial charge is 0.346 e. The number of allylic oxidation sites excluding steroid dienone is 3. The molecule has 1 aliphatic carbocycles. The summed E-state index contributed by atoms with van der Waals surface area (Å²) in [6.45, 7) is 0. The molecular formula is C15H15F2N6O3. The predicted octanol–water partition coefficient (Wildman–Crippen LogP) is 1.91. The monoisotopic (exact) mass is 365 g/mol. The number of aromatic nitrogens is 2. The van der Waals surface area contributed by atoms with E-state index in [1.807, 2.05) is 6.08 Å². The summed E-state index contributed by atoms with van der Waals surface area (Å²) in [6, 6.07) is 0. The topological polar surface area (TPSA) is 150 Å². The van der Waals surface area contributed by atoms with Crippen molar-refractivity contribution >= 4 is 5.82 Å². The molecule has 1 fully saturated rings. The molecule has 0 unspecified atom stereocenters. The third-order valence-electron chi connectivity index (χ3n) is 4.25. The maximum atomic E-state index is 14.8. The van der Waals surface area contributed by atoms with Crippen molar-refractivity contribution in [1.82, 2.24) is 9.97 Å². The average molecular weight is 365 g/mol. The van der Waals surface area contributed by atoms with E-state index in [9.17, 15) is 18.7 Å². The lowest BCUT2D eigenvalue weighted by atomic mass is 9.91. The first-order valence-corrected chi connectivity index (χ1v) is 7.64. The zero-order valence-corrected chi connectivity index (χ0v) is 13.3. The van der Waals surface area contributed by atoms with Crippen molar-refractivity contribution in [2.75, 3.05) is 5.73 Å². The number of hydrogen-bond donors (Lipinski definition) is 3. The SMILES string of the molecule is [N-]=[N+]=N[C@]1(CC2=CC=CC[CH]2)O[C@H](c2c[nH]c(=O)nc2N)C(F)(F)[C@@H]1O. The van der Waals surface area contributed by atoms with Crippen LogP contribution in [0, 0.1) is 6.42 Å². The van der Waals surface area contributed by atoms with Crippen molar-refractivity contribution in [3.63, 3.8) is 0 Å². The fourth-order valence-electron chi connectivity index (χ4n) is 3.00. The van der Waals surface area contributed by atoms with E-state index in [-0.39, 0.29) is 12.0 Å². The summed E-state index contributed by atoms with van der Waals surface area (Å²) < 4.78 is 34.9. The van der Waals surface area contributed by atoms with Crippen LogP contribution in [0.25, 0.3) is 10.4 Å². The fraction of sp³-hybridized carbons (Fsp3) is 0.400. The Kier molecular flexibility index (Phi) is 4.53. The van der Waals surface area contributed by atoms with Crippen molar-refractivity contribution in [2.24, 2.45) is 5.11 Å². The number of azide groups is 1. The van der Waals surface area contributed by atoms with Crippen molar-refractivity contribution in [3.8, 4) is 0 Å². The first kappa shape index (κ1) is 18.1. The highest BCUT2D eigenvalue weighted by Gasteiger charge is 2.66. The number of aliphatic hydroxyl groups excluding tert-OH is 1. The van der Waals surface area contributed by atoms with Gasteiger partial charge in [-0.1, -0.05) is 28.9 Å². The van der Waals surface area contributed by atoms with E-state index in [0.29, 0.717) is 12.0 Å². The van der Waals surface area contributed by atoms with Crippen LogP contribution in [0.5, 0.6) is 0 Å². The van der Waals surface area contributed by atoms with Crippen molar-refractivity contribution < 1.29 is 18.6 Å². The quantitative estimate of drug-likeness (QED) is 0.423. The van der Waals surface area contributed by atoms with Crippen molar-refractivity contribution in [2.45, 2.75) is 36.7 Å². The third kappa shape index (κ3) is 2.96. The molecule has 0 bridgehead atoms. The Morgan fingerprint density at radius 1 is 1.58 bits per heavy atom. The molecule has 1 aliphatic heterocycles. The molecule has 3 atom stereocenters. The summed E-state index contributed by atoms with van der Waals surface area (Å²) in [5.41, 5.74) is 11.6. The van der Waals surface area contributed by atoms with Crippen LogP contribution < -0.4 is 11.4 Å². The molecule has 0 saturated carbocycles. The van der Waals surface area contributed by atoms with E-state index in [0.717, 1.165) is 6.20 Å². The highest BCUT2D eigenvalue weighted by Crippen LogP contribution is 2.53. The van der Waals surface area contributed by atoms with Gasteiger partial charge in [0.1, 0.15) is 5.82 Å².